The van der Waals surface area contributed by atoms with Crippen molar-refractivity contribution in [1.29, 1.82) is 0 Å². The molecule has 0 aromatic carbocycles. The molecule has 0 saturated carbocycles. The molecule has 0 N–H and O–H groups in total. The van der Waals surface area contributed by atoms with Crippen molar-refractivity contribution in [3.05, 3.63) is 331 Å². The second kappa shape index (κ2) is 33.0. The van der Waals surface area contributed by atoms with E-state index in [-0.39, 0.29) is 24.5 Å². The smallest absolute Gasteiger partial charge is 0.0892 e. The second-order valence-electron chi connectivity index (χ2n) is 18.5. The van der Waals surface area contributed by atoms with Gasteiger partial charge in [-0.05, 0) is 212 Å². The van der Waals surface area contributed by atoms with E-state index in [1.165, 1.54) is 0 Å². The van der Waals surface area contributed by atoms with E-state index < -0.39 is 0 Å². The summed E-state index contributed by atoms with van der Waals surface area (Å²) in [7, 11) is 0. The maximum absolute atomic E-state index is 4.49. The molecule has 0 bridgehead atoms. The molecular formula is C73H57FeN12-. The van der Waals surface area contributed by atoms with Crippen LogP contribution in [0.15, 0.2) is 257 Å². The van der Waals surface area contributed by atoms with Crippen molar-refractivity contribution in [1.82, 2.24) is 59.8 Å². The van der Waals surface area contributed by atoms with Gasteiger partial charge in [-0.1, -0.05) is 72.9 Å². The Labute approximate surface area is 512 Å². The van der Waals surface area contributed by atoms with Crippen LogP contribution < -0.4 is 0 Å². The van der Waals surface area contributed by atoms with E-state index in [0.29, 0.717) is 0 Å². The van der Waals surface area contributed by atoms with Crippen molar-refractivity contribution in [2.75, 3.05) is 0 Å². The molecule has 0 unspecified atom stereocenters. The van der Waals surface area contributed by atoms with Crippen molar-refractivity contribution < 1.29 is 17.1 Å². The summed E-state index contributed by atoms with van der Waals surface area (Å²) in [5.41, 5.74) is 18.1. The Kier molecular flexibility index (Phi) is 23.4. The van der Waals surface area contributed by atoms with Gasteiger partial charge < -0.3 is 7.43 Å². The van der Waals surface area contributed by atoms with Crippen molar-refractivity contribution in [3.63, 3.8) is 0 Å². The van der Waals surface area contributed by atoms with Crippen LogP contribution in [0.4, 0.5) is 0 Å². The van der Waals surface area contributed by atoms with Crippen LogP contribution in [0.2, 0.25) is 0 Å². The third-order valence-electron chi connectivity index (χ3n) is 12.5. The summed E-state index contributed by atoms with van der Waals surface area (Å²) in [6.45, 7) is 0. The quantitative estimate of drug-likeness (QED) is 0.0709. The van der Waals surface area contributed by atoms with Crippen LogP contribution >= 0.6 is 0 Å². The Morgan fingerprint density at radius 3 is 0.419 bits per heavy atom. The van der Waals surface area contributed by atoms with Crippen LogP contribution in [-0.2, 0) is 17.1 Å². The molecule has 0 aliphatic heterocycles. The van der Waals surface area contributed by atoms with Crippen LogP contribution in [0.5, 0.6) is 0 Å². The Morgan fingerprint density at radius 1 is 0.163 bits per heavy atom. The molecule has 12 rings (SSSR count). The van der Waals surface area contributed by atoms with E-state index in [9.17, 15) is 0 Å². The van der Waals surface area contributed by atoms with E-state index >= 15 is 0 Å². The van der Waals surface area contributed by atoms with Gasteiger partial charge in [-0.25, -0.2) is 0 Å². The minimum atomic E-state index is 0. The first-order valence-electron chi connectivity index (χ1n) is 26.9. The molecule has 12 aromatic rings. The van der Waals surface area contributed by atoms with E-state index in [1.54, 1.807) is 74.4 Å². The zero-order valence-electron chi connectivity index (χ0n) is 46.9. The summed E-state index contributed by atoms with van der Waals surface area (Å²) < 4.78 is 0. The molecule has 0 saturated heterocycles. The van der Waals surface area contributed by atoms with Crippen LogP contribution in [0.25, 0.3) is 107 Å². The zero-order chi connectivity index (χ0) is 57.1. The molecule has 0 atom stereocenters. The average molecular weight is 1160 g/mol. The SMILES string of the molecule is C(=C\c1ccnc(-c2cc(/C=C/c3ccncc3)ccn2)c1)/c1ccncc1.C(=C\c1ccnc(-c2cc(/C=C/c3ccncc3)ccn2)c1)/c1ccncc1.C(=C\c1ccnc(-c2cc(/C=C/c3ccncc3)ccn2)c1)/c1ccncc1.[CH3-].[Fe]. The van der Waals surface area contributed by atoms with Gasteiger partial charge in [0.25, 0.3) is 0 Å². The standard InChI is InChI=1S/3C24H18N4.CH3.Fe/c3*1(19-5-11-25-12-6-19)3-21-9-15-27-23(17-21)24-18-22(10-16-28-24)4-2-20-7-13-26-14-8-20;;/h3*1-18H;1H3;/q;;;-1;/b3*3-1+,4-2+;;. The molecule has 0 amide bonds. The topological polar surface area (TPSA) is 155 Å². The summed E-state index contributed by atoms with van der Waals surface area (Å²) in [6.07, 6.45) is 57.0. The molecule has 0 fully saturated rings. The van der Waals surface area contributed by atoms with Crippen LogP contribution in [-0.4, -0.2) is 59.8 Å². The molecule has 12 heterocycles. The van der Waals surface area contributed by atoms with Gasteiger partial charge in [-0.3, -0.25) is 59.8 Å². The molecule has 86 heavy (non-hydrogen) atoms. The van der Waals surface area contributed by atoms with Crippen molar-refractivity contribution in [3.8, 4) is 34.2 Å². The van der Waals surface area contributed by atoms with Gasteiger partial charge in [0, 0.05) is 129 Å². The van der Waals surface area contributed by atoms with Crippen molar-refractivity contribution in [2.45, 2.75) is 0 Å². The Morgan fingerprint density at radius 2 is 0.279 bits per heavy atom. The minimum Gasteiger partial charge on any atom is -0.358 e. The molecule has 0 aliphatic carbocycles. The van der Waals surface area contributed by atoms with Crippen molar-refractivity contribution >= 4 is 72.9 Å². The fraction of sp³-hybridized carbons (Fsp3) is 0. The summed E-state index contributed by atoms with van der Waals surface area (Å²) in [6, 6.07) is 47.8. The predicted octanol–water partition coefficient (Wildman–Crippen LogP) is 16.3. The normalized spacial score (nSPS) is 11.0. The van der Waals surface area contributed by atoms with E-state index in [4.69, 9.17) is 0 Å². The largest absolute Gasteiger partial charge is 0.358 e. The fourth-order valence-corrected chi connectivity index (χ4v) is 8.15. The molecule has 418 valence electrons. The van der Waals surface area contributed by atoms with E-state index in [2.05, 4.69) is 133 Å². The van der Waals surface area contributed by atoms with Gasteiger partial charge >= 0.3 is 0 Å². The third-order valence-corrected chi connectivity index (χ3v) is 12.5. The van der Waals surface area contributed by atoms with Gasteiger partial charge in [0.15, 0.2) is 0 Å². The van der Waals surface area contributed by atoms with Crippen LogP contribution in [0.1, 0.15) is 66.8 Å². The first-order valence-corrected chi connectivity index (χ1v) is 26.9. The summed E-state index contributed by atoms with van der Waals surface area (Å²) >= 11 is 0. The maximum Gasteiger partial charge on any atom is 0.0892 e. The molecule has 0 radical (unpaired) electrons. The number of rotatable bonds is 15. The Bertz CT molecular complexity index is 3480. The summed E-state index contributed by atoms with van der Waals surface area (Å²) in [4.78, 5) is 51.1. The molecule has 12 aromatic heterocycles. The molecule has 0 spiro atoms. The van der Waals surface area contributed by atoms with Gasteiger partial charge in [0.1, 0.15) is 0 Å². The first kappa shape index (κ1) is 60.8. The summed E-state index contributed by atoms with van der Waals surface area (Å²) in [5.74, 6) is 0. The number of pyridine rings is 12. The number of hydrogen-bond donors (Lipinski definition) is 0. The van der Waals surface area contributed by atoms with Gasteiger partial charge in [-0.2, -0.15) is 0 Å². The molecule has 12 nitrogen and oxygen atoms in total. The Hall–Kier alpha value is -11.2. The predicted molar refractivity (Wildman–Crippen MR) is 348 cm³/mol. The van der Waals surface area contributed by atoms with E-state index in [0.717, 1.165) is 101 Å². The average Bonchev–Trinajstić information content (AvgIpc) is 3.78. The van der Waals surface area contributed by atoms with Crippen LogP contribution in [0.3, 0.4) is 0 Å². The second-order valence-corrected chi connectivity index (χ2v) is 18.5. The fourth-order valence-electron chi connectivity index (χ4n) is 8.15. The monoisotopic (exact) mass is 1160 g/mol. The molecule has 13 heteroatoms. The van der Waals surface area contributed by atoms with Gasteiger partial charge in [0.2, 0.25) is 0 Å². The number of nitrogens with zero attached hydrogens (tertiary/aromatic N) is 12. The van der Waals surface area contributed by atoms with Gasteiger partial charge in [0.05, 0.1) is 34.2 Å². The minimum absolute atomic E-state index is 0. The third kappa shape index (κ3) is 19.5. The van der Waals surface area contributed by atoms with Crippen LogP contribution in [0, 0.1) is 7.43 Å². The van der Waals surface area contributed by atoms with Crippen molar-refractivity contribution in [2.24, 2.45) is 0 Å². The first-order chi connectivity index (χ1) is 41.6. The molecule has 0 aliphatic rings. The van der Waals surface area contributed by atoms with E-state index in [1.807, 2.05) is 183 Å². The summed E-state index contributed by atoms with van der Waals surface area (Å²) in [5, 5.41) is 0. The number of aromatic nitrogens is 12. The van der Waals surface area contributed by atoms with Gasteiger partial charge in [-0.15, -0.1) is 0 Å². The Balaban J connectivity index is 0.000000166. The molecular weight excluding hydrogens is 1100 g/mol. The zero-order valence-corrected chi connectivity index (χ0v) is 48.0. The maximum atomic E-state index is 4.49. The number of hydrogen-bond acceptors (Lipinski definition) is 12.